The van der Waals surface area contributed by atoms with Gasteiger partial charge in [0.1, 0.15) is 5.69 Å². The molecule has 7 heteroatoms. The molecule has 0 fully saturated rings. The molecule has 4 aromatic rings. The van der Waals surface area contributed by atoms with Gasteiger partial charge in [-0.15, -0.1) is 0 Å². The van der Waals surface area contributed by atoms with Crippen LogP contribution in [0.4, 0.5) is 5.69 Å². The molecule has 6 nitrogen and oxygen atoms in total. The summed E-state index contributed by atoms with van der Waals surface area (Å²) >= 11 is 1.18. The van der Waals surface area contributed by atoms with E-state index in [1.165, 1.54) is 15.9 Å². The van der Waals surface area contributed by atoms with Crippen molar-refractivity contribution in [1.29, 1.82) is 0 Å². The maximum atomic E-state index is 12.8. The Bertz CT molecular complexity index is 1320. The lowest BCUT2D eigenvalue weighted by atomic mass is 10.1. The van der Waals surface area contributed by atoms with Crippen molar-refractivity contribution in [2.75, 3.05) is 18.0 Å². The van der Waals surface area contributed by atoms with Crippen molar-refractivity contribution in [3.8, 4) is 0 Å². The molecule has 0 atom stereocenters. The Morgan fingerprint density at radius 1 is 1.00 bits per heavy atom. The summed E-state index contributed by atoms with van der Waals surface area (Å²) in [5, 5.41) is 4.30. The summed E-state index contributed by atoms with van der Waals surface area (Å²) in [5.41, 5.74) is 2.63. The highest BCUT2D eigenvalue weighted by Crippen LogP contribution is 2.15. The molecule has 0 radical (unpaired) electrons. The Kier molecular flexibility index (Phi) is 5.72. The van der Waals surface area contributed by atoms with Crippen molar-refractivity contribution < 1.29 is 0 Å². The second kappa shape index (κ2) is 8.59. The zero-order valence-corrected chi connectivity index (χ0v) is 17.7. The average Bonchev–Trinajstić information content (AvgIpc) is 3.05. The Labute approximate surface area is 177 Å². The van der Waals surface area contributed by atoms with Crippen molar-refractivity contribution in [2.24, 2.45) is 0 Å². The first kappa shape index (κ1) is 20.0. The van der Waals surface area contributed by atoms with Gasteiger partial charge in [0, 0.05) is 25.2 Å². The van der Waals surface area contributed by atoms with E-state index in [1.54, 1.807) is 0 Å². The fourth-order valence-electron chi connectivity index (χ4n) is 3.36. The standard InChI is InChI=1S/C23H22N4O2S/c1-3-26(4-2)18-12-10-17(11-13-18)15-20-22(29)27-23(30-20)24-21(28)19(25-27)14-16-8-6-5-7-9-16/h5-13,15H,3-4,14H2,1-2H3/b20-15-. The lowest BCUT2D eigenvalue weighted by Crippen LogP contribution is -2.28. The van der Waals surface area contributed by atoms with E-state index < -0.39 is 5.56 Å². The average molecular weight is 419 g/mol. The monoisotopic (exact) mass is 418 g/mol. The highest BCUT2D eigenvalue weighted by Gasteiger charge is 2.11. The molecule has 0 spiro atoms. The minimum atomic E-state index is -0.393. The molecule has 0 bridgehead atoms. The van der Waals surface area contributed by atoms with E-state index in [-0.39, 0.29) is 11.3 Å². The highest BCUT2D eigenvalue weighted by atomic mass is 32.1. The van der Waals surface area contributed by atoms with Crippen LogP contribution in [0.5, 0.6) is 0 Å². The molecule has 0 aliphatic rings. The van der Waals surface area contributed by atoms with Crippen molar-refractivity contribution in [1.82, 2.24) is 14.6 Å². The van der Waals surface area contributed by atoms with E-state index in [4.69, 9.17) is 0 Å². The van der Waals surface area contributed by atoms with Crippen molar-refractivity contribution in [2.45, 2.75) is 20.3 Å². The van der Waals surface area contributed by atoms with Crippen molar-refractivity contribution in [3.05, 3.63) is 96.7 Å². The summed E-state index contributed by atoms with van der Waals surface area (Å²) in [4.78, 5) is 31.9. The van der Waals surface area contributed by atoms with Crippen molar-refractivity contribution >= 4 is 28.1 Å². The molecule has 152 valence electrons. The first-order valence-electron chi connectivity index (χ1n) is 9.92. The zero-order valence-electron chi connectivity index (χ0n) is 16.9. The molecule has 2 heterocycles. The maximum absolute atomic E-state index is 12.8. The van der Waals surface area contributed by atoms with E-state index in [9.17, 15) is 9.59 Å². The summed E-state index contributed by atoms with van der Waals surface area (Å²) in [6, 6.07) is 17.6. The van der Waals surface area contributed by atoms with E-state index in [0.29, 0.717) is 15.9 Å². The lowest BCUT2D eigenvalue weighted by Gasteiger charge is -2.20. The third kappa shape index (κ3) is 4.02. The van der Waals surface area contributed by atoms with Crippen LogP contribution in [-0.4, -0.2) is 27.7 Å². The number of fused-ring (bicyclic) bond motifs is 1. The summed E-state index contributed by atoms with van der Waals surface area (Å²) in [6.07, 6.45) is 2.16. The number of thiazole rings is 1. The summed E-state index contributed by atoms with van der Waals surface area (Å²) < 4.78 is 1.74. The summed E-state index contributed by atoms with van der Waals surface area (Å²) in [6.45, 7) is 6.13. The number of anilines is 1. The van der Waals surface area contributed by atoms with Gasteiger partial charge in [0.25, 0.3) is 11.1 Å². The van der Waals surface area contributed by atoms with Crippen LogP contribution in [0.25, 0.3) is 11.0 Å². The number of hydrogen-bond acceptors (Lipinski definition) is 6. The zero-order chi connectivity index (χ0) is 21.1. The number of benzene rings is 2. The number of hydrogen-bond donors (Lipinski definition) is 0. The smallest absolute Gasteiger partial charge is 0.296 e. The molecule has 0 unspecified atom stereocenters. The van der Waals surface area contributed by atoms with E-state index in [1.807, 2.05) is 60.7 Å². The summed E-state index contributed by atoms with van der Waals surface area (Å²) in [5.74, 6) is 0. The highest BCUT2D eigenvalue weighted by molar-refractivity contribution is 7.15. The van der Waals surface area contributed by atoms with Crippen molar-refractivity contribution in [3.63, 3.8) is 0 Å². The molecule has 0 saturated carbocycles. The molecule has 4 rings (SSSR count). The molecule has 0 aliphatic heterocycles. The van der Waals surface area contributed by atoms with Crippen LogP contribution in [0.2, 0.25) is 0 Å². The van der Waals surface area contributed by atoms with Gasteiger partial charge in [0.15, 0.2) is 0 Å². The van der Waals surface area contributed by atoms with Gasteiger partial charge in [-0.2, -0.15) is 14.6 Å². The first-order valence-corrected chi connectivity index (χ1v) is 10.7. The third-order valence-corrected chi connectivity index (χ3v) is 5.94. The molecular weight excluding hydrogens is 396 g/mol. The van der Waals surface area contributed by atoms with Gasteiger partial charge in [-0.25, -0.2) is 0 Å². The second-order valence-corrected chi connectivity index (χ2v) is 7.91. The number of aromatic nitrogens is 3. The molecule has 0 amide bonds. The quantitative estimate of drug-likeness (QED) is 0.481. The minimum absolute atomic E-state index is 0.260. The van der Waals surface area contributed by atoms with Crippen LogP contribution >= 0.6 is 11.3 Å². The Morgan fingerprint density at radius 2 is 1.70 bits per heavy atom. The van der Waals surface area contributed by atoms with Gasteiger partial charge in [-0.1, -0.05) is 53.8 Å². The Morgan fingerprint density at radius 3 is 2.37 bits per heavy atom. The Balaban J connectivity index is 1.71. The van der Waals surface area contributed by atoms with Crippen LogP contribution in [0.1, 0.15) is 30.7 Å². The second-order valence-electron chi connectivity index (χ2n) is 6.90. The number of nitrogens with zero attached hydrogens (tertiary/aromatic N) is 4. The van der Waals surface area contributed by atoms with E-state index in [2.05, 4.69) is 28.8 Å². The van der Waals surface area contributed by atoms with Crippen LogP contribution in [0.3, 0.4) is 0 Å². The normalized spacial score (nSPS) is 11.9. The molecule has 0 aliphatic carbocycles. The first-order chi connectivity index (χ1) is 14.6. The third-order valence-electron chi connectivity index (χ3n) is 4.98. The van der Waals surface area contributed by atoms with E-state index >= 15 is 0 Å². The van der Waals surface area contributed by atoms with Gasteiger partial charge >= 0.3 is 0 Å². The Hall–Kier alpha value is -3.32. The maximum Gasteiger partial charge on any atom is 0.296 e. The summed E-state index contributed by atoms with van der Waals surface area (Å²) in [7, 11) is 0. The minimum Gasteiger partial charge on any atom is -0.372 e. The molecule has 2 aromatic carbocycles. The van der Waals surface area contributed by atoms with Crippen LogP contribution in [0, 0.1) is 0 Å². The fraction of sp³-hybridized carbons (Fsp3) is 0.217. The van der Waals surface area contributed by atoms with Crippen LogP contribution < -0.4 is 20.6 Å². The molecule has 30 heavy (non-hydrogen) atoms. The molecular formula is C23H22N4O2S. The predicted octanol–water partition coefficient (Wildman–Crippen LogP) is 2.50. The van der Waals surface area contributed by atoms with Crippen LogP contribution in [-0.2, 0) is 6.42 Å². The number of rotatable bonds is 6. The fourth-order valence-corrected chi connectivity index (χ4v) is 4.27. The SMILES string of the molecule is CCN(CC)c1ccc(/C=c2\sc3nc(=O)c(Cc4ccccc4)nn3c2=O)cc1. The van der Waals surface area contributed by atoms with Gasteiger partial charge in [0.05, 0.1) is 4.53 Å². The van der Waals surface area contributed by atoms with Gasteiger partial charge in [-0.05, 0) is 43.2 Å². The largest absolute Gasteiger partial charge is 0.372 e. The van der Waals surface area contributed by atoms with Gasteiger partial charge in [-0.3, -0.25) is 9.59 Å². The molecule has 0 saturated heterocycles. The topological polar surface area (TPSA) is 67.6 Å². The predicted molar refractivity (Wildman–Crippen MR) is 121 cm³/mol. The van der Waals surface area contributed by atoms with Gasteiger partial charge in [0.2, 0.25) is 4.96 Å². The van der Waals surface area contributed by atoms with Crippen LogP contribution in [0.15, 0.2) is 64.2 Å². The van der Waals surface area contributed by atoms with E-state index in [0.717, 1.165) is 29.9 Å². The molecule has 2 aromatic heterocycles. The molecule has 0 N–H and O–H groups in total. The lowest BCUT2D eigenvalue weighted by molar-refractivity contribution is 0.811. The van der Waals surface area contributed by atoms with Gasteiger partial charge < -0.3 is 4.90 Å².